The Morgan fingerprint density at radius 2 is 2.00 bits per heavy atom. The van der Waals surface area contributed by atoms with Crippen LogP contribution >= 0.6 is 0 Å². The van der Waals surface area contributed by atoms with Crippen molar-refractivity contribution in [3.05, 3.63) is 17.6 Å². The van der Waals surface area contributed by atoms with Crippen molar-refractivity contribution >= 4 is 5.82 Å². The highest BCUT2D eigenvalue weighted by Crippen LogP contribution is 2.29. The predicted molar refractivity (Wildman–Crippen MR) is 72.5 cm³/mol. The van der Waals surface area contributed by atoms with Gasteiger partial charge in [-0.15, -0.1) is 0 Å². The van der Waals surface area contributed by atoms with Crippen molar-refractivity contribution in [3.63, 3.8) is 0 Å². The fourth-order valence-electron chi connectivity index (χ4n) is 2.70. The van der Waals surface area contributed by atoms with Crippen molar-refractivity contribution in [2.45, 2.75) is 52.2 Å². The van der Waals surface area contributed by atoms with Crippen LogP contribution in [0.1, 0.15) is 44.0 Å². The zero-order valence-corrected chi connectivity index (χ0v) is 11.6. The van der Waals surface area contributed by atoms with Gasteiger partial charge in [0.05, 0.1) is 6.61 Å². The highest BCUT2D eigenvalue weighted by molar-refractivity contribution is 5.46. The van der Waals surface area contributed by atoms with E-state index in [1.165, 1.54) is 25.7 Å². The molecule has 1 N–H and O–H groups in total. The van der Waals surface area contributed by atoms with E-state index in [4.69, 9.17) is 0 Å². The summed E-state index contributed by atoms with van der Waals surface area (Å²) in [7, 11) is 2.08. The molecule has 1 fully saturated rings. The lowest BCUT2D eigenvalue weighted by atomic mass is 9.86. The maximum absolute atomic E-state index is 9.39. The van der Waals surface area contributed by atoms with E-state index in [9.17, 15) is 5.11 Å². The van der Waals surface area contributed by atoms with E-state index in [0.29, 0.717) is 6.04 Å². The number of aromatic nitrogens is 2. The van der Waals surface area contributed by atoms with E-state index >= 15 is 0 Å². The van der Waals surface area contributed by atoms with Crippen LogP contribution in [-0.2, 0) is 6.61 Å². The van der Waals surface area contributed by atoms with Crippen molar-refractivity contribution in [3.8, 4) is 0 Å². The lowest BCUT2D eigenvalue weighted by Crippen LogP contribution is -2.36. The molecule has 0 unspecified atom stereocenters. The molecule has 0 aliphatic heterocycles. The second kappa shape index (κ2) is 5.65. The molecule has 0 atom stereocenters. The minimum absolute atomic E-state index is 0.00305. The van der Waals surface area contributed by atoms with Crippen LogP contribution in [0.4, 0.5) is 5.82 Å². The van der Waals surface area contributed by atoms with Crippen molar-refractivity contribution in [1.29, 1.82) is 0 Å². The van der Waals surface area contributed by atoms with Gasteiger partial charge >= 0.3 is 0 Å². The molecule has 1 saturated carbocycles. The molecule has 100 valence electrons. The van der Waals surface area contributed by atoms with Gasteiger partial charge in [-0.3, -0.25) is 0 Å². The molecule has 4 nitrogen and oxygen atoms in total. The van der Waals surface area contributed by atoms with Crippen LogP contribution in [0.15, 0.2) is 6.20 Å². The molecule has 0 saturated heterocycles. The van der Waals surface area contributed by atoms with Crippen molar-refractivity contribution in [1.82, 2.24) is 9.97 Å². The molecule has 18 heavy (non-hydrogen) atoms. The maximum Gasteiger partial charge on any atom is 0.137 e. The fourth-order valence-corrected chi connectivity index (χ4v) is 2.70. The minimum atomic E-state index is 0.00305. The summed E-state index contributed by atoms with van der Waals surface area (Å²) in [6.07, 6.45) is 6.73. The summed E-state index contributed by atoms with van der Waals surface area (Å²) in [5, 5.41) is 9.39. The van der Waals surface area contributed by atoms with Crippen LogP contribution in [-0.4, -0.2) is 28.2 Å². The van der Waals surface area contributed by atoms with Crippen molar-refractivity contribution in [2.75, 3.05) is 11.9 Å². The van der Waals surface area contributed by atoms with Gasteiger partial charge in [0.2, 0.25) is 0 Å². The van der Waals surface area contributed by atoms with Crippen LogP contribution in [0.5, 0.6) is 0 Å². The molecule has 1 aromatic rings. The first-order chi connectivity index (χ1) is 8.61. The average Bonchev–Trinajstić information content (AvgIpc) is 2.39. The van der Waals surface area contributed by atoms with Crippen molar-refractivity contribution in [2.24, 2.45) is 5.92 Å². The van der Waals surface area contributed by atoms with Crippen LogP contribution in [0.25, 0.3) is 0 Å². The van der Waals surface area contributed by atoms with E-state index in [0.717, 1.165) is 23.1 Å². The second-order valence-corrected chi connectivity index (χ2v) is 5.45. The van der Waals surface area contributed by atoms with Gasteiger partial charge < -0.3 is 10.0 Å². The summed E-state index contributed by atoms with van der Waals surface area (Å²) in [6.45, 7) is 4.22. The molecule has 1 heterocycles. The van der Waals surface area contributed by atoms with E-state index in [1.54, 1.807) is 6.20 Å². The number of hydrogen-bond donors (Lipinski definition) is 1. The SMILES string of the molecule is Cc1ncc(CO)c(N(C)C2CCC(C)CC2)n1. The number of anilines is 1. The molecule has 4 heteroatoms. The number of aliphatic hydroxyl groups excluding tert-OH is 1. The van der Waals surface area contributed by atoms with Crippen molar-refractivity contribution < 1.29 is 5.11 Å². The highest BCUT2D eigenvalue weighted by Gasteiger charge is 2.24. The predicted octanol–water partition coefficient (Wildman–Crippen LogP) is 2.29. The van der Waals surface area contributed by atoms with Gasteiger partial charge in [0.1, 0.15) is 11.6 Å². The molecule has 0 spiro atoms. The lowest BCUT2D eigenvalue weighted by molar-refractivity contribution is 0.280. The molecular formula is C14H23N3O. The zero-order valence-electron chi connectivity index (χ0n) is 11.6. The Kier molecular flexibility index (Phi) is 4.17. The third-order valence-corrected chi connectivity index (χ3v) is 4.00. The Morgan fingerprint density at radius 3 is 2.61 bits per heavy atom. The molecule has 1 aromatic heterocycles. The van der Waals surface area contributed by atoms with Crippen LogP contribution in [0.3, 0.4) is 0 Å². The van der Waals surface area contributed by atoms with Crippen LogP contribution in [0.2, 0.25) is 0 Å². The van der Waals surface area contributed by atoms with E-state index in [1.807, 2.05) is 6.92 Å². The summed E-state index contributed by atoms with van der Waals surface area (Å²) in [5.74, 6) is 2.50. The molecule has 0 aromatic carbocycles. The molecule has 1 aliphatic carbocycles. The summed E-state index contributed by atoms with van der Waals surface area (Å²) in [6, 6.07) is 0.542. The standard InChI is InChI=1S/C14H23N3O/c1-10-4-6-13(7-5-10)17(3)14-12(9-18)8-15-11(2)16-14/h8,10,13,18H,4-7,9H2,1-3H3. The van der Waals surface area contributed by atoms with Gasteiger partial charge in [-0.1, -0.05) is 6.92 Å². The highest BCUT2D eigenvalue weighted by atomic mass is 16.3. The van der Waals surface area contributed by atoms with Gasteiger partial charge in [-0.05, 0) is 38.5 Å². The largest absolute Gasteiger partial charge is 0.391 e. The molecule has 2 rings (SSSR count). The summed E-state index contributed by atoms with van der Waals surface area (Å²) in [5.41, 5.74) is 0.821. The first-order valence-electron chi connectivity index (χ1n) is 6.78. The topological polar surface area (TPSA) is 49.3 Å². The first-order valence-corrected chi connectivity index (χ1v) is 6.78. The third kappa shape index (κ3) is 2.80. The quantitative estimate of drug-likeness (QED) is 0.893. The van der Waals surface area contributed by atoms with Gasteiger partial charge in [0.15, 0.2) is 0 Å². The number of aryl methyl sites for hydroxylation is 1. The Morgan fingerprint density at radius 1 is 1.33 bits per heavy atom. The second-order valence-electron chi connectivity index (χ2n) is 5.45. The van der Waals surface area contributed by atoms with E-state index in [-0.39, 0.29) is 6.61 Å². The van der Waals surface area contributed by atoms with Gasteiger partial charge in [0, 0.05) is 24.8 Å². The zero-order chi connectivity index (χ0) is 13.1. The number of rotatable bonds is 3. The molecule has 0 radical (unpaired) electrons. The average molecular weight is 249 g/mol. The number of nitrogens with zero attached hydrogens (tertiary/aromatic N) is 3. The first kappa shape index (κ1) is 13.3. The molecule has 1 aliphatic rings. The Bertz CT molecular complexity index is 400. The monoisotopic (exact) mass is 249 g/mol. The van der Waals surface area contributed by atoms with Gasteiger partial charge in [0.25, 0.3) is 0 Å². The minimum Gasteiger partial charge on any atom is -0.391 e. The summed E-state index contributed by atoms with van der Waals surface area (Å²) in [4.78, 5) is 10.9. The molecule has 0 bridgehead atoms. The maximum atomic E-state index is 9.39. The fraction of sp³-hybridized carbons (Fsp3) is 0.714. The van der Waals surface area contributed by atoms with E-state index in [2.05, 4.69) is 28.8 Å². The Hall–Kier alpha value is -1.16. The molecule has 0 amide bonds. The lowest BCUT2D eigenvalue weighted by Gasteiger charge is -2.35. The smallest absolute Gasteiger partial charge is 0.137 e. The molecular weight excluding hydrogens is 226 g/mol. The van der Waals surface area contributed by atoms with Gasteiger partial charge in [-0.25, -0.2) is 9.97 Å². The van der Waals surface area contributed by atoms with Crippen LogP contribution < -0.4 is 4.90 Å². The van der Waals surface area contributed by atoms with Gasteiger partial charge in [-0.2, -0.15) is 0 Å². The number of hydrogen-bond acceptors (Lipinski definition) is 4. The summed E-state index contributed by atoms with van der Waals surface area (Å²) >= 11 is 0. The Balaban J connectivity index is 2.17. The number of aliphatic hydroxyl groups is 1. The normalized spacial score (nSPS) is 24.0. The Labute approximate surface area is 109 Å². The third-order valence-electron chi connectivity index (χ3n) is 4.00. The van der Waals surface area contributed by atoms with E-state index < -0.39 is 0 Å². The van der Waals surface area contributed by atoms with Crippen LogP contribution in [0, 0.1) is 12.8 Å². The summed E-state index contributed by atoms with van der Waals surface area (Å²) < 4.78 is 0.